The number of pyridine rings is 1. The lowest BCUT2D eigenvalue weighted by molar-refractivity contribution is -0.366. The quantitative estimate of drug-likeness (QED) is 0.0648. The normalized spacial score (nSPS) is 39.9. The molecular weight excluding hydrogens is 1090 g/mol. The minimum absolute atomic E-state index is 0.00988. The first kappa shape index (κ1) is 51.6. The van der Waals surface area contributed by atoms with Gasteiger partial charge in [-0.3, -0.25) is 14.4 Å². The van der Waals surface area contributed by atoms with Crippen molar-refractivity contribution >= 4 is 39.5 Å². The highest BCUT2D eigenvalue weighted by atomic mass is 16.7. The van der Waals surface area contributed by atoms with Crippen molar-refractivity contribution in [2.45, 2.75) is 200 Å². The number of phenols is 1. The van der Waals surface area contributed by atoms with Crippen LogP contribution in [0.3, 0.4) is 0 Å². The lowest BCUT2D eigenvalue weighted by Crippen LogP contribution is -2.79. The maximum absolute atomic E-state index is 15.5. The van der Waals surface area contributed by atoms with Crippen LogP contribution < -0.4 is 10.1 Å². The largest absolute Gasteiger partial charge is 0.507 e. The molecule has 0 radical (unpaired) electrons. The van der Waals surface area contributed by atoms with Crippen LogP contribution in [-0.4, -0.2) is 116 Å². The molecule has 14 atom stereocenters. The highest BCUT2D eigenvalue weighted by molar-refractivity contribution is 6.34. The molecule has 4 aliphatic heterocycles. The van der Waals surface area contributed by atoms with Crippen molar-refractivity contribution in [2.24, 2.45) is 33.5 Å². The summed E-state index contributed by atoms with van der Waals surface area (Å²) in [5, 5.41) is 84.6. The summed E-state index contributed by atoms with van der Waals surface area (Å²) in [5.41, 5.74) is 2.44. The molecule has 442 valence electrons. The second kappa shape index (κ2) is 16.4. The summed E-state index contributed by atoms with van der Waals surface area (Å²) in [6.07, 6.45) is 12.6. The number of aromatic hydroxyl groups is 1. The molecule has 9 N–H and O–H groups in total. The van der Waals surface area contributed by atoms with E-state index in [1.54, 1.807) is 37.4 Å². The topological polar surface area (TPSA) is 260 Å². The lowest BCUT2D eigenvalue weighted by atomic mass is 9.39. The number of Topliss-reactive ketones (excluding diaryl/α,β-unsaturated/α-hetero) is 1. The van der Waals surface area contributed by atoms with Crippen molar-refractivity contribution in [3.63, 3.8) is 0 Å². The molecule has 1 saturated heterocycles. The lowest BCUT2D eigenvalue weighted by Gasteiger charge is -2.64. The summed E-state index contributed by atoms with van der Waals surface area (Å²) in [4.78, 5) is 62.4. The number of aryl methyl sites for hydroxylation is 1. The van der Waals surface area contributed by atoms with Gasteiger partial charge < -0.3 is 55.4 Å². The summed E-state index contributed by atoms with van der Waals surface area (Å²) in [6.45, 7) is 1.70. The number of aliphatic hydroxyl groups is 5. The van der Waals surface area contributed by atoms with Gasteiger partial charge in [0.05, 0.1) is 46.5 Å². The number of carbonyl (C=O) groups is 3. The molecule has 5 saturated carbocycles. The number of phenolic OH excluding ortho intramolecular Hbond substituents is 1. The Morgan fingerprint density at radius 3 is 2.49 bits per heavy atom. The molecule has 16 aliphatic rings. The van der Waals surface area contributed by atoms with E-state index in [1.165, 1.54) is 11.6 Å². The Labute approximate surface area is 496 Å². The van der Waals surface area contributed by atoms with E-state index < -0.39 is 75.6 Å². The fourth-order valence-corrected chi connectivity index (χ4v) is 23.2. The first-order valence-electron chi connectivity index (χ1n) is 32.2. The van der Waals surface area contributed by atoms with Crippen molar-refractivity contribution in [3.05, 3.63) is 116 Å². The SMILES string of the molecule is Cc1cc(O)c2c(c1)C(=O)c1c(c3cc4c(nccc14)NC[C@H](O)[C@@]14CC[C@@H]5C#CC[C@]67CCC[C@H]8CC9(CCC(=O)CC9)c9nc[nH]c9[C@]86c6[nH]c(c(c6CC7)[C@@H]51)C1=C[C@@]5(O3)O[C@@]3(C1=C4C[C@@]1(CCC4(CCCC4)C1)[C@H]3O)[C@@H](O)[C@H](O)[C@H]5O)C2=O. The Bertz CT molecular complexity index is 4150. The molecule has 0 amide bonds. The molecule has 8 spiro atoms. The Balaban J connectivity index is 0.947. The monoisotopic (exact) mass is 1160 g/mol. The van der Waals surface area contributed by atoms with Gasteiger partial charge in [0.15, 0.2) is 17.5 Å². The zero-order valence-corrected chi connectivity index (χ0v) is 48.3. The van der Waals surface area contributed by atoms with Crippen molar-refractivity contribution in [1.29, 1.82) is 0 Å². The number of nitrogens with zero attached hydrogens (tertiary/aromatic N) is 2. The average Bonchev–Trinajstić information content (AvgIpc) is 1.33. The third kappa shape index (κ3) is 5.73. The summed E-state index contributed by atoms with van der Waals surface area (Å²) >= 11 is 0. The number of anilines is 1. The van der Waals surface area contributed by atoms with E-state index in [9.17, 15) is 35.4 Å². The summed E-state index contributed by atoms with van der Waals surface area (Å²) < 4.78 is 15.2. The fraction of sp³-hybridized carbons (Fsp3) is 0.557. The minimum Gasteiger partial charge on any atom is -0.507 e. The van der Waals surface area contributed by atoms with Crippen LogP contribution in [-0.2, 0) is 26.8 Å². The molecule has 86 heavy (non-hydrogen) atoms. The number of ether oxygens (including phenoxy) is 2. The average molecular weight is 1160 g/mol. The Morgan fingerprint density at radius 2 is 1.65 bits per heavy atom. The van der Waals surface area contributed by atoms with Crippen molar-refractivity contribution < 1.29 is 54.5 Å². The van der Waals surface area contributed by atoms with E-state index in [-0.39, 0.29) is 68.4 Å². The third-order valence-electron chi connectivity index (χ3n) is 26.4. The summed E-state index contributed by atoms with van der Waals surface area (Å²) in [6, 6.07) is 6.26. The molecule has 3 aromatic heterocycles. The van der Waals surface area contributed by atoms with Crippen LogP contribution in [0.15, 0.2) is 54.0 Å². The number of carbonyl (C=O) groups excluding carboxylic acids is 3. The number of aliphatic hydroxyl groups excluding tert-OH is 5. The molecule has 7 heterocycles. The van der Waals surface area contributed by atoms with Crippen LogP contribution in [0, 0.1) is 52.3 Å². The van der Waals surface area contributed by atoms with Gasteiger partial charge in [-0.25, -0.2) is 9.97 Å². The first-order valence-corrected chi connectivity index (χ1v) is 32.2. The Morgan fingerprint density at radius 1 is 0.814 bits per heavy atom. The highest BCUT2D eigenvalue weighted by Gasteiger charge is 2.78. The van der Waals surface area contributed by atoms with Gasteiger partial charge in [0.2, 0.25) is 5.78 Å². The predicted octanol–water partition coefficient (Wildman–Crippen LogP) is 8.38. The standard InChI is InChI=1S/C70H71N5O11/c1-33-24-40-46(43(77)25-33)54(80)49-44-26-39-37(47(49)53(40)79)12-23-71-61(39)72-30-45(78)67-20-8-34-6-4-15-66-16-5-7-35-27-64(17-9-36(76)10-18-64)57-58(74-32-73-57)69(35,66)56-38(11-19-66)48(50(34)67)52(75-56)41-28-68(85-44)59(82)55(81)60(83)70(86-68)51(41)42(67)29-65(62(70)84)22-21-63(31-65)13-2-3-14-63/h12,23-26,28,32,34-35,45,50,55,59-60,62,75,77-78,81-84H,2-3,5,7-11,13-22,27,29-31H2,1H3,(H,71,72)(H,73,74)/t34-,35-,45-,50+,55+,59+,60-,62+,65+,66+,67-,68+,69+,70-/m0/s1. The van der Waals surface area contributed by atoms with Crippen LogP contribution in [0.2, 0.25) is 0 Å². The summed E-state index contributed by atoms with van der Waals surface area (Å²) in [5.74, 6) is 3.63. The van der Waals surface area contributed by atoms with E-state index in [2.05, 4.69) is 27.1 Å². The van der Waals surface area contributed by atoms with Gasteiger partial charge >= 0.3 is 0 Å². The van der Waals surface area contributed by atoms with Gasteiger partial charge in [-0.2, -0.15) is 0 Å². The zero-order chi connectivity index (χ0) is 58.2. The highest BCUT2D eigenvalue weighted by Crippen LogP contribution is 2.77. The maximum atomic E-state index is 15.5. The number of fused-ring (bicyclic) bond motifs is 9. The van der Waals surface area contributed by atoms with E-state index >= 15 is 9.59 Å². The predicted molar refractivity (Wildman–Crippen MR) is 312 cm³/mol. The van der Waals surface area contributed by atoms with Crippen LogP contribution in [0.5, 0.6) is 11.5 Å². The van der Waals surface area contributed by atoms with Gasteiger partial charge in [-0.1, -0.05) is 30.8 Å². The van der Waals surface area contributed by atoms with Gasteiger partial charge in [-0.15, -0.1) is 5.92 Å². The Hall–Kier alpha value is -6.45. The van der Waals surface area contributed by atoms with Crippen molar-refractivity contribution in [3.8, 4) is 23.3 Å². The van der Waals surface area contributed by atoms with E-state index in [0.717, 1.165) is 105 Å². The third-order valence-corrected chi connectivity index (χ3v) is 26.4. The van der Waals surface area contributed by atoms with E-state index in [4.69, 9.17) is 19.4 Å². The van der Waals surface area contributed by atoms with E-state index in [1.807, 2.05) is 6.33 Å². The number of H-pyrrole nitrogens is 2. The number of ketones is 3. The number of imidazole rings is 1. The number of nitrogens with one attached hydrogen (secondary N) is 3. The number of hydrogen-bond acceptors (Lipinski definition) is 14. The zero-order valence-electron chi connectivity index (χ0n) is 48.3. The van der Waals surface area contributed by atoms with Crippen molar-refractivity contribution in [2.75, 3.05) is 11.9 Å². The second-order valence-corrected chi connectivity index (χ2v) is 29.7. The Kier molecular flexibility index (Phi) is 9.86. The van der Waals surface area contributed by atoms with Gasteiger partial charge in [-0.05, 0) is 178 Å². The molecule has 16 heteroatoms. The number of aromatic nitrogens is 4. The number of benzene rings is 2. The van der Waals surface area contributed by atoms with Crippen LogP contribution in [0.1, 0.15) is 206 Å². The first-order chi connectivity index (χ1) is 41.5. The van der Waals surface area contributed by atoms with Crippen LogP contribution in [0.4, 0.5) is 5.82 Å². The molecule has 12 aliphatic carbocycles. The van der Waals surface area contributed by atoms with Gasteiger partial charge in [0.25, 0.3) is 5.79 Å². The molecule has 21 rings (SSSR count). The molecular formula is C70H71N5O11. The van der Waals surface area contributed by atoms with Crippen molar-refractivity contribution in [1.82, 2.24) is 19.9 Å². The molecule has 16 nitrogen and oxygen atoms in total. The van der Waals surface area contributed by atoms with Gasteiger partial charge in [0.1, 0.15) is 35.3 Å². The number of rotatable bonds is 0. The molecule has 5 aromatic rings. The maximum Gasteiger partial charge on any atom is 0.261 e. The molecule has 0 unspecified atom stereocenters. The second-order valence-electron chi connectivity index (χ2n) is 29.7. The van der Waals surface area contributed by atoms with Crippen LogP contribution in [0.25, 0.3) is 16.3 Å². The minimum atomic E-state index is -2.51. The number of hydrogen-bond donors (Lipinski definition) is 9. The smallest absolute Gasteiger partial charge is 0.261 e. The molecule has 2 aromatic carbocycles. The molecule has 12 bridgehead atoms. The molecule has 6 fully saturated rings. The van der Waals surface area contributed by atoms with E-state index in [0.29, 0.717) is 103 Å². The van der Waals surface area contributed by atoms with Crippen LogP contribution >= 0.6 is 0 Å². The number of aromatic amines is 2. The summed E-state index contributed by atoms with van der Waals surface area (Å²) in [7, 11) is 0. The fourth-order valence-electron chi connectivity index (χ4n) is 23.2. The van der Waals surface area contributed by atoms with Gasteiger partial charge in [0, 0.05) is 93.6 Å².